The number of fused-ring (bicyclic) bond motifs is 1. The van der Waals surface area contributed by atoms with Gasteiger partial charge in [0.2, 0.25) is 5.91 Å². The topological polar surface area (TPSA) is 114 Å². The van der Waals surface area contributed by atoms with Gasteiger partial charge < -0.3 is 20.9 Å². The summed E-state index contributed by atoms with van der Waals surface area (Å²) in [6.45, 7) is 6.87. The first-order valence-electron chi connectivity index (χ1n) is 5.72. The van der Waals surface area contributed by atoms with Crippen molar-refractivity contribution < 1.29 is 20.2 Å². The van der Waals surface area contributed by atoms with Crippen LogP contribution in [0.4, 0.5) is 5.82 Å². The van der Waals surface area contributed by atoms with Crippen LogP contribution >= 0.6 is 0 Å². The summed E-state index contributed by atoms with van der Waals surface area (Å²) in [7, 11) is 0. The number of aliphatic carboxylic acids is 1. The van der Waals surface area contributed by atoms with Crippen molar-refractivity contribution in [3.8, 4) is 0 Å². The van der Waals surface area contributed by atoms with Crippen molar-refractivity contribution in [3.63, 3.8) is 0 Å². The summed E-state index contributed by atoms with van der Waals surface area (Å²) >= 11 is 0. The second kappa shape index (κ2) is 5.58. The standard InChI is InChI=1S/C14H14N2O3.H2O/c1-7-4-5-10-11(6-7)16-13(15-9(3)17)12(10)8(2)14(18)19;/h4-6,16H,2H2,1,3H3,(H,15,17)(H,18,19);1H2. The Bertz CT molecular complexity index is 701. The average molecular weight is 276 g/mol. The van der Waals surface area contributed by atoms with Gasteiger partial charge in [0.25, 0.3) is 0 Å². The van der Waals surface area contributed by atoms with Crippen molar-refractivity contribution in [1.82, 2.24) is 4.98 Å². The van der Waals surface area contributed by atoms with E-state index in [0.717, 1.165) is 16.5 Å². The molecule has 0 aliphatic heterocycles. The van der Waals surface area contributed by atoms with Gasteiger partial charge in [0.1, 0.15) is 5.82 Å². The monoisotopic (exact) mass is 276 g/mol. The fourth-order valence-electron chi connectivity index (χ4n) is 2.00. The molecule has 106 valence electrons. The molecule has 0 unspecified atom stereocenters. The lowest BCUT2D eigenvalue weighted by molar-refractivity contribution is -0.130. The minimum Gasteiger partial charge on any atom is -0.478 e. The van der Waals surface area contributed by atoms with Crippen LogP contribution in [0.2, 0.25) is 0 Å². The summed E-state index contributed by atoms with van der Waals surface area (Å²) in [6, 6.07) is 5.58. The largest absolute Gasteiger partial charge is 0.478 e. The molecule has 0 radical (unpaired) electrons. The van der Waals surface area contributed by atoms with Gasteiger partial charge >= 0.3 is 5.97 Å². The van der Waals surface area contributed by atoms with E-state index in [9.17, 15) is 9.59 Å². The Labute approximate surface area is 115 Å². The first-order valence-corrected chi connectivity index (χ1v) is 5.72. The number of aromatic amines is 1. The Hall–Kier alpha value is -2.60. The third-order valence-electron chi connectivity index (χ3n) is 2.82. The molecule has 0 bridgehead atoms. The van der Waals surface area contributed by atoms with E-state index < -0.39 is 5.97 Å². The first kappa shape index (κ1) is 15.5. The Morgan fingerprint density at radius 1 is 1.35 bits per heavy atom. The number of carbonyl (C=O) groups is 2. The van der Waals surface area contributed by atoms with Crippen LogP contribution in [0.15, 0.2) is 24.8 Å². The van der Waals surface area contributed by atoms with Gasteiger partial charge in [-0.2, -0.15) is 0 Å². The highest BCUT2D eigenvalue weighted by Crippen LogP contribution is 2.32. The molecule has 0 aliphatic rings. The van der Waals surface area contributed by atoms with E-state index in [1.54, 1.807) is 0 Å². The van der Waals surface area contributed by atoms with Gasteiger partial charge in [-0.1, -0.05) is 18.7 Å². The highest BCUT2D eigenvalue weighted by atomic mass is 16.4. The second-order valence-electron chi connectivity index (χ2n) is 4.39. The zero-order chi connectivity index (χ0) is 14.2. The zero-order valence-electron chi connectivity index (χ0n) is 11.2. The number of rotatable bonds is 3. The molecule has 1 aromatic carbocycles. The van der Waals surface area contributed by atoms with E-state index >= 15 is 0 Å². The fraction of sp³-hybridized carbons (Fsp3) is 0.143. The SMILES string of the molecule is C=C(C(=O)O)c1c(NC(C)=O)[nH]c2cc(C)ccc12.O. The summed E-state index contributed by atoms with van der Waals surface area (Å²) in [5.41, 5.74) is 2.16. The van der Waals surface area contributed by atoms with Crippen LogP contribution in [0.1, 0.15) is 18.1 Å². The maximum atomic E-state index is 11.2. The van der Waals surface area contributed by atoms with E-state index in [0.29, 0.717) is 11.4 Å². The van der Waals surface area contributed by atoms with Gasteiger partial charge in [0.15, 0.2) is 0 Å². The van der Waals surface area contributed by atoms with Gasteiger partial charge in [0, 0.05) is 23.4 Å². The lowest BCUT2D eigenvalue weighted by Gasteiger charge is -2.04. The average Bonchev–Trinajstić information content (AvgIpc) is 2.63. The Kier molecular flexibility index (Phi) is 4.31. The number of nitrogens with one attached hydrogen (secondary N) is 2. The Morgan fingerprint density at radius 3 is 2.55 bits per heavy atom. The minimum atomic E-state index is -1.12. The molecular weight excluding hydrogens is 260 g/mol. The first-order chi connectivity index (χ1) is 8.90. The molecule has 0 atom stereocenters. The van der Waals surface area contributed by atoms with Crippen molar-refractivity contribution in [2.45, 2.75) is 13.8 Å². The van der Waals surface area contributed by atoms with Crippen LogP contribution in [0.3, 0.4) is 0 Å². The van der Waals surface area contributed by atoms with E-state index in [4.69, 9.17) is 5.11 Å². The van der Waals surface area contributed by atoms with Crippen LogP contribution < -0.4 is 5.32 Å². The quantitative estimate of drug-likeness (QED) is 0.741. The number of aryl methyl sites for hydroxylation is 1. The fourth-order valence-corrected chi connectivity index (χ4v) is 2.00. The lowest BCUT2D eigenvalue weighted by Crippen LogP contribution is -2.09. The third-order valence-corrected chi connectivity index (χ3v) is 2.82. The van der Waals surface area contributed by atoms with Gasteiger partial charge in [-0.25, -0.2) is 4.79 Å². The normalized spacial score (nSPS) is 9.90. The maximum Gasteiger partial charge on any atom is 0.335 e. The molecule has 0 saturated heterocycles. The third kappa shape index (κ3) is 2.70. The second-order valence-corrected chi connectivity index (χ2v) is 4.39. The predicted octanol–water partition coefficient (Wildman–Crippen LogP) is 1.71. The van der Waals surface area contributed by atoms with Crippen molar-refractivity contribution in [3.05, 3.63) is 35.9 Å². The molecule has 0 fully saturated rings. The van der Waals surface area contributed by atoms with Crippen LogP contribution in [-0.4, -0.2) is 27.4 Å². The number of carboxylic acid groups (broad SMARTS) is 1. The van der Waals surface area contributed by atoms with E-state index in [2.05, 4.69) is 16.9 Å². The van der Waals surface area contributed by atoms with E-state index in [-0.39, 0.29) is 17.0 Å². The summed E-state index contributed by atoms with van der Waals surface area (Å²) in [5, 5.41) is 12.4. The van der Waals surface area contributed by atoms with Crippen LogP contribution in [0, 0.1) is 6.92 Å². The number of H-pyrrole nitrogens is 1. The summed E-state index contributed by atoms with van der Waals surface area (Å²) in [5.74, 6) is -1.03. The van der Waals surface area contributed by atoms with E-state index in [1.807, 2.05) is 25.1 Å². The summed E-state index contributed by atoms with van der Waals surface area (Å²) in [4.78, 5) is 25.3. The van der Waals surface area contributed by atoms with E-state index in [1.165, 1.54) is 6.92 Å². The van der Waals surface area contributed by atoms with Gasteiger partial charge in [-0.15, -0.1) is 0 Å². The molecule has 1 amide bonds. The van der Waals surface area contributed by atoms with Gasteiger partial charge in [0.05, 0.1) is 5.57 Å². The molecule has 0 spiro atoms. The molecule has 6 heteroatoms. The number of aromatic nitrogens is 1. The molecule has 2 rings (SSSR count). The summed E-state index contributed by atoms with van der Waals surface area (Å²) in [6.07, 6.45) is 0. The number of carbonyl (C=O) groups excluding carboxylic acids is 1. The number of amides is 1. The van der Waals surface area contributed by atoms with Crippen LogP contribution in [-0.2, 0) is 9.59 Å². The smallest absolute Gasteiger partial charge is 0.335 e. The summed E-state index contributed by atoms with van der Waals surface area (Å²) < 4.78 is 0. The number of hydrogen-bond acceptors (Lipinski definition) is 2. The molecule has 0 saturated carbocycles. The molecule has 1 aromatic heterocycles. The predicted molar refractivity (Wildman–Crippen MR) is 77.6 cm³/mol. The van der Waals surface area contributed by atoms with Crippen LogP contribution in [0.5, 0.6) is 0 Å². The van der Waals surface area contributed by atoms with Crippen molar-refractivity contribution in [2.75, 3.05) is 5.32 Å². The number of benzene rings is 1. The number of hydrogen-bond donors (Lipinski definition) is 3. The molecular formula is C14H16N2O4. The molecule has 6 nitrogen and oxygen atoms in total. The zero-order valence-corrected chi connectivity index (χ0v) is 11.2. The number of anilines is 1. The lowest BCUT2D eigenvalue weighted by atomic mass is 10.0. The molecule has 1 heterocycles. The van der Waals surface area contributed by atoms with Gasteiger partial charge in [-0.05, 0) is 18.6 Å². The number of carboxylic acids is 1. The maximum absolute atomic E-state index is 11.2. The van der Waals surface area contributed by atoms with Crippen molar-refractivity contribution in [1.29, 1.82) is 0 Å². The molecule has 5 N–H and O–H groups in total. The highest BCUT2D eigenvalue weighted by Gasteiger charge is 2.19. The van der Waals surface area contributed by atoms with Crippen molar-refractivity contribution >= 4 is 34.2 Å². The Balaban J connectivity index is 0.00000200. The molecule has 20 heavy (non-hydrogen) atoms. The molecule has 2 aromatic rings. The highest BCUT2D eigenvalue weighted by molar-refractivity contribution is 6.21. The van der Waals surface area contributed by atoms with Crippen molar-refractivity contribution in [2.24, 2.45) is 0 Å². The van der Waals surface area contributed by atoms with Crippen LogP contribution in [0.25, 0.3) is 16.5 Å². The minimum absolute atomic E-state index is 0. The van der Waals surface area contributed by atoms with Gasteiger partial charge in [-0.3, -0.25) is 4.79 Å². The molecule has 0 aliphatic carbocycles. The Morgan fingerprint density at radius 2 is 2.00 bits per heavy atom.